The van der Waals surface area contributed by atoms with Crippen molar-refractivity contribution in [2.24, 2.45) is 5.92 Å². The molecule has 2 aromatic carbocycles. The Morgan fingerprint density at radius 3 is 2.10 bits per heavy atom. The van der Waals surface area contributed by atoms with Crippen molar-refractivity contribution in [1.82, 2.24) is 21.3 Å². The normalized spacial score (nSPS) is 14.4. The van der Waals surface area contributed by atoms with Crippen molar-refractivity contribution >= 4 is 35.2 Å². The molecule has 1 aliphatic heterocycles. The number of hydrogen-bond donors (Lipinski definition) is 4. The minimum atomic E-state index is -1.03. The number of urea groups is 1. The molecular weight excluding hydrogens is 510 g/mol. The summed E-state index contributed by atoms with van der Waals surface area (Å²) in [6, 6.07) is 14.2. The summed E-state index contributed by atoms with van der Waals surface area (Å²) in [5.74, 6) is -1.90. The highest BCUT2D eigenvalue weighted by Gasteiger charge is 2.29. The maximum Gasteiger partial charge on any atom is 0.315 e. The van der Waals surface area contributed by atoms with E-state index in [0.29, 0.717) is 25.9 Å². The van der Waals surface area contributed by atoms with Crippen molar-refractivity contribution in [2.45, 2.75) is 71.6 Å². The maximum absolute atomic E-state index is 13.1. The zero-order chi connectivity index (χ0) is 29.1. The molecule has 0 aromatic heterocycles. The monoisotopic (exact) mass is 549 g/mol. The van der Waals surface area contributed by atoms with Crippen LogP contribution >= 0.6 is 0 Å². The number of hydrogen-bond acceptors (Lipinski definition) is 5. The Morgan fingerprint density at radius 1 is 0.850 bits per heavy atom. The number of Topliss-reactive ketones (excluding diaryl/α,β-unsaturated/α-hetero) is 1. The number of amides is 5. The first kappa shape index (κ1) is 30.3. The van der Waals surface area contributed by atoms with Crippen LogP contribution in [0, 0.1) is 5.92 Å². The van der Waals surface area contributed by atoms with Crippen LogP contribution in [0.2, 0.25) is 0 Å². The number of anilines is 1. The molecular formula is C30H39N5O5. The predicted octanol–water partition coefficient (Wildman–Crippen LogP) is 2.81. The Bertz CT molecular complexity index is 1180. The van der Waals surface area contributed by atoms with E-state index in [4.69, 9.17) is 0 Å². The van der Waals surface area contributed by atoms with Crippen LogP contribution < -0.4 is 26.2 Å². The second kappa shape index (κ2) is 14.8. The number of rotatable bonds is 13. The van der Waals surface area contributed by atoms with Crippen LogP contribution in [0.25, 0.3) is 0 Å². The summed E-state index contributed by atoms with van der Waals surface area (Å²) >= 11 is 0. The average Bonchev–Trinajstić information content (AvgIpc) is 3.38. The zero-order valence-corrected chi connectivity index (χ0v) is 23.4. The summed E-state index contributed by atoms with van der Waals surface area (Å²) in [5.41, 5.74) is 2.50. The van der Waals surface area contributed by atoms with E-state index in [0.717, 1.165) is 23.2 Å². The Labute approximate surface area is 235 Å². The van der Waals surface area contributed by atoms with Gasteiger partial charge in [-0.2, -0.15) is 0 Å². The van der Waals surface area contributed by atoms with E-state index in [1.54, 1.807) is 24.0 Å². The van der Waals surface area contributed by atoms with Crippen LogP contribution in [-0.2, 0) is 32.3 Å². The molecule has 0 saturated carbocycles. The van der Waals surface area contributed by atoms with Crippen molar-refractivity contribution in [1.29, 1.82) is 0 Å². The fourth-order valence-electron chi connectivity index (χ4n) is 4.46. The van der Waals surface area contributed by atoms with Crippen molar-refractivity contribution < 1.29 is 24.0 Å². The van der Waals surface area contributed by atoms with Gasteiger partial charge in [0.15, 0.2) is 0 Å². The van der Waals surface area contributed by atoms with E-state index in [1.807, 2.05) is 56.3 Å². The largest absolute Gasteiger partial charge is 0.345 e. The number of ketones is 1. The first-order valence-corrected chi connectivity index (χ1v) is 13.8. The van der Waals surface area contributed by atoms with Gasteiger partial charge in [0.25, 0.3) is 5.91 Å². The first-order valence-electron chi connectivity index (χ1n) is 13.8. The number of carbonyl (C=O) groups is 5. The minimum Gasteiger partial charge on any atom is -0.345 e. The van der Waals surface area contributed by atoms with Gasteiger partial charge in [0.05, 0.1) is 6.04 Å². The summed E-state index contributed by atoms with van der Waals surface area (Å²) < 4.78 is 0. The first-order chi connectivity index (χ1) is 19.2. The van der Waals surface area contributed by atoms with Crippen LogP contribution in [0.1, 0.15) is 57.6 Å². The second-order valence-corrected chi connectivity index (χ2v) is 10.3. The van der Waals surface area contributed by atoms with Gasteiger partial charge >= 0.3 is 6.03 Å². The zero-order valence-electron chi connectivity index (χ0n) is 23.4. The van der Waals surface area contributed by atoms with E-state index in [1.165, 1.54) is 0 Å². The van der Waals surface area contributed by atoms with Crippen molar-refractivity contribution in [3.63, 3.8) is 0 Å². The smallest absolute Gasteiger partial charge is 0.315 e. The van der Waals surface area contributed by atoms with Gasteiger partial charge in [0.2, 0.25) is 17.6 Å². The maximum atomic E-state index is 13.1. The summed E-state index contributed by atoms with van der Waals surface area (Å²) in [7, 11) is 0. The molecule has 0 bridgehead atoms. The van der Waals surface area contributed by atoms with Gasteiger partial charge in [-0.05, 0) is 48.4 Å². The lowest BCUT2D eigenvalue weighted by molar-refractivity contribution is -0.140. The summed E-state index contributed by atoms with van der Waals surface area (Å²) in [6.07, 6.45) is 1.96. The summed E-state index contributed by atoms with van der Waals surface area (Å²) in [4.78, 5) is 64.7. The molecule has 40 heavy (non-hydrogen) atoms. The van der Waals surface area contributed by atoms with E-state index < -0.39 is 35.7 Å². The molecule has 2 atom stereocenters. The van der Waals surface area contributed by atoms with Gasteiger partial charge in [-0.15, -0.1) is 0 Å². The topological polar surface area (TPSA) is 137 Å². The molecule has 5 amide bonds. The molecule has 1 unspecified atom stereocenters. The Morgan fingerprint density at radius 2 is 1.50 bits per heavy atom. The Balaban J connectivity index is 1.52. The van der Waals surface area contributed by atoms with Crippen molar-refractivity contribution in [3.8, 4) is 0 Å². The molecule has 1 fully saturated rings. The molecule has 10 nitrogen and oxygen atoms in total. The van der Waals surface area contributed by atoms with E-state index in [2.05, 4.69) is 21.3 Å². The highest BCUT2D eigenvalue weighted by atomic mass is 16.2. The molecule has 4 N–H and O–H groups in total. The SMILES string of the molecule is CCC(NC(=O)[C@H](CC(C)C)NC(=O)NCc1ccccc1)C(=O)C(=O)NCc1ccc(N2CCCC2=O)cc1. The summed E-state index contributed by atoms with van der Waals surface area (Å²) in [6.45, 7) is 6.68. The quantitative estimate of drug-likeness (QED) is 0.285. The van der Waals surface area contributed by atoms with Crippen molar-refractivity contribution in [3.05, 3.63) is 65.7 Å². The molecule has 0 spiro atoms. The van der Waals surface area contributed by atoms with Crippen LogP contribution in [0.5, 0.6) is 0 Å². The van der Waals surface area contributed by atoms with Crippen molar-refractivity contribution in [2.75, 3.05) is 11.4 Å². The van der Waals surface area contributed by atoms with E-state index in [9.17, 15) is 24.0 Å². The van der Waals surface area contributed by atoms with Gasteiger partial charge in [0.1, 0.15) is 6.04 Å². The van der Waals surface area contributed by atoms with Crippen LogP contribution in [0.3, 0.4) is 0 Å². The Kier molecular flexibility index (Phi) is 11.2. The third kappa shape index (κ3) is 8.93. The standard InChI is InChI=1S/C30H39N5O5/c1-4-24(27(37)29(39)31-18-22-12-14-23(15-13-22)35-16-8-11-26(35)36)33-28(38)25(17-20(2)3)34-30(40)32-19-21-9-6-5-7-10-21/h5-7,9-10,12-15,20,24-25H,4,8,11,16-19H2,1-3H3,(H,31,39)(H,33,38)(H2,32,34,40)/t24?,25-/m0/s1. The lowest BCUT2D eigenvalue weighted by atomic mass is 10.0. The third-order valence-electron chi connectivity index (χ3n) is 6.66. The molecule has 10 heteroatoms. The van der Waals surface area contributed by atoms with Gasteiger partial charge in [-0.1, -0.05) is 63.2 Å². The molecule has 214 valence electrons. The molecule has 1 saturated heterocycles. The highest BCUT2D eigenvalue weighted by molar-refractivity contribution is 6.38. The summed E-state index contributed by atoms with van der Waals surface area (Å²) in [5, 5.41) is 10.7. The molecule has 2 aromatic rings. The number of nitrogens with zero attached hydrogens (tertiary/aromatic N) is 1. The lowest BCUT2D eigenvalue weighted by Gasteiger charge is -2.23. The van der Waals surface area contributed by atoms with E-state index in [-0.39, 0.29) is 24.8 Å². The molecule has 0 aliphatic carbocycles. The molecule has 1 heterocycles. The molecule has 1 aliphatic rings. The predicted molar refractivity (Wildman–Crippen MR) is 152 cm³/mol. The fourth-order valence-corrected chi connectivity index (χ4v) is 4.46. The van der Waals surface area contributed by atoms with Gasteiger partial charge < -0.3 is 26.2 Å². The average molecular weight is 550 g/mol. The number of nitrogens with one attached hydrogen (secondary N) is 4. The molecule has 3 rings (SSSR count). The van der Waals surface area contributed by atoms with Crippen LogP contribution in [0.4, 0.5) is 10.5 Å². The minimum absolute atomic E-state index is 0.0953. The van der Waals surface area contributed by atoms with Gasteiger partial charge in [0, 0.05) is 31.7 Å². The van der Waals surface area contributed by atoms with Crippen LogP contribution in [0.15, 0.2) is 54.6 Å². The lowest BCUT2D eigenvalue weighted by Crippen LogP contribution is -2.55. The van der Waals surface area contributed by atoms with Gasteiger partial charge in [-0.25, -0.2) is 4.79 Å². The van der Waals surface area contributed by atoms with Crippen LogP contribution in [-0.4, -0.2) is 48.2 Å². The molecule has 0 radical (unpaired) electrons. The third-order valence-corrected chi connectivity index (χ3v) is 6.66. The second-order valence-electron chi connectivity index (χ2n) is 10.3. The Hall–Kier alpha value is -4.21. The fraction of sp³-hybridized carbons (Fsp3) is 0.433. The number of carbonyl (C=O) groups excluding carboxylic acids is 5. The number of benzene rings is 2. The highest BCUT2D eigenvalue weighted by Crippen LogP contribution is 2.21. The van der Waals surface area contributed by atoms with E-state index >= 15 is 0 Å². The van der Waals surface area contributed by atoms with Gasteiger partial charge in [-0.3, -0.25) is 19.2 Å².